The number of aliphatic hydroxyl groups excluding tert-OH is 1. The molecule has 1 atom stereocenters. The number of nitrogens with zero attached hydrogens (tertiary/aromatic N) is 1. The maximum absolute atomic E-state index is 14.5. The largest absolute Gasteiger partial charge is 0.506 e. The van der Waals surface area contributed by atoms with E-state index < -0.39 is 46.0 Å². The first kappa shape index (κ1) is 13.9. The molecule has 1 aromatic rings. The lowest BCUT2D eigenvalue weighted by atomic mass is 10.1. The Morgan fingerprint density at radius 3 is 2.76 bits per heavy atom. The zero-order chi connectivity index (χ0) is 15.4. The van der Waals surface area contributed by atoms with Gasteiger partial charge < -0.3 is 15.5 Å². The molecule has 114 valence electrons. The van der Waals surface area contributed by atoms with Crippen molar-refractivity contribution in [3.63, 3.8) is 0 Å². The highest BCUT2D eigenvalue weighted by Crippen LogP contribution is 2.41. The van der Waals surface area contributed by atoms with Crippen molar-refractivity contribution in [2.75, 3.05) is 22.8 Å². The second-order valence-electron chi connectivity index (χ2n) is 4.85. The summed E-state index contributed by atoms with van der Waals surface area (Å²) in [6.07, 6.45) is 0.153. The number of amides is 1. The van der Waals surface area contributed by atoms with Gasteiger partial charge in [-0.3, -0.25) is 4.79 Å². The van der Waals surface area contributed by atoms with E-state index in [0.29, 0.717) is 9.99 Å². The van der Waals surface area contributed by atoms with Crippen LogP contribution in [0.5, 0.6) is 5.75 Å². The third-order valence-electron chi connectivity index (χ3n) is 3.42. The van der Waals surface area contributed by atoms with E-state index >= 15 is 0 Å². The molecule has 0 radical (unpaired) electrons. The van der Waals surface area contributed by atoms with E-state index in [2.05, 4.69) is 5.32 Å². The molecule has 2 aliphatic heterocycles. The van der Waals surface area contributed by atoms with E-state index in [1.165, 1.54) is 6.07 Å². The number of carbonyl (C=O) groups is 1. The van der Waals surface area contributed by atoms with E-state index in [1.807, 2.05) is 0 Å². The summed E-state index contributed by atoms with van der Waals surface area (Å²) >= 11 is 0. The van der Waals surface area contributed by atoms with Gasteiger partial charge in [0.1, 0.15) is 18.0 Å². The summed E-state index contributed by atoms with van der Waals surface area (Å²) in [7, 11) is -4.21. The molecule has 4 N–H and O–H groups in total. The van der Waals surface area contributed by atoms with Gasteiger partial charge >= 0.3 is 10.2 Å². The first-order valence-corrected chi connectivity index (χ1v) is 7.52. The summed E-state index contributed by atoms with van der Waals surface area (Å²) in [6.45, 7) is -0.825. The minimum atomic E-state index is -4.21. The maximum Gasteiger partial charge on any atom is 0.326 e. The number of halogens is 1. The molecule has 1 fully saturated rings. The van der Waals surface area contributed by atoms with Gasteiger partial charge in [-0.15, -0.1) is 0 Å². The Balaban J connectivity index is 2.12. The predicted octanol–water partition coefficient (Wildman–Crippen LogP) is -0.959. The van der Waals surface area contributed by atoms with Gasteiger partial charge in [0.25, 0.3) is 5.91 Å². The molecule has 10 heteroatoms. The van der Waals surface area contributed by atoms with Crippen molar-refractivity contribution in [1.29, 1.82) is 0 Å². The molecule has 0 saturated carbocycles. The van der Waals surface area contributed by atoms with Gasteiger partial charge in [-0.05, 0) is 6.42 Å². The van der Waals surface area contributed by atoms with Gasteiger partial charge in [0.2, 0.25) is 0 Å². The summed E-state index contributed by atoms with van der Waals surface area (Å²) in [5.41, 5.74) is -0.104. The molecule has 1 aromatic carbocycles. The maximum atomic E-state index is 14.5. The first-order valence-electron chi connectivity index (χ1n) is 6.08. The summed E-state index contributed by atoms with van der Waals surface area (Å²) in [5.74, 6) is -2.33. The molecular formula is C11H12FN3O5S. The van der Waals surface area contributed by atoms with E-state index in [0.717, 1.165) is 0 Å². The SMILES string of the molecule is O=C1CN(c2c(O)cc3c(c2F)C[C@H](CO)N3)S(=O)(=O)N1. The van der Waals surface area contributed by atoms with Crippen LogP contribution in [0.3, 0.4) is 0 Å². The number of aromatic hydroxyl groups is 1. The van der Waals surface area contributed by atoms with Crippen LogP contribution in [0.1, 0.15) is 5.56 Å². The number of benzene rings is 1. The summed E-state index contributed by atoms with van der Waals surface area (Å²) in [4.78, 5) is 11.2. The minimum Gasteiger partial charge on any atom is -0.506 e. The van der Waals surface area contributed by atoms with E-state index in [-0.39, 0.29) is 18.6 Å². The van der Waals surface area contributed by atoms with Crippen molar-refractivity contribution >= 4 is 27.5 Å². The number of hydrogen-bond acceptors (Lipinski definition) is 6. The third kappa shape index (κ3) is 2.07. The van der Waals surface area contributed by atoms with Crippen molar-refractivity contribution in [1.82, 2.24) is 4.72 Å². The lowest BCUT2D eigenvalue weighted by Crippen LogP contribution is -2.30. The number of aliphatic hydroxyl groups is 1. The zero-order valence-electron chi connectivity index (χ0n) is 10.6. The van der Waals surface area contributed by atoms with Gasteiger partial charge in [0.05, 0.1) is 12.6 Å². The van der Waals surface area contributed by atoms with Crippen LogP contribution < -0.4 is 14.3 Å². The van der Waals surface area contributed by atoms with Gasteiger partial charge in [-0.25, -0.2) is 13.4 Å². The molecule has 0 bridgehead atoms. The summed E-state index contributed by atoms with van der Waals surface area (Å²) < 4.78 is 40.3. The Morgan fingerprint density at radius 1 is 1.48 bits per heavy atom. The standard InChI is InChI=1S/C11H12FN3O5S/c12-10-6-1-5(4-16)13-7(6)2-8(17)11(10)15-3-9(18)14-21(15,19)20/h2,5,13,16-17H,1,3-4H2,(H,14,18)/t5-/m1/s1. The quantitative estimate of drug-likeness (QED) is 0.558. The highest BCUT2D eigenvalue weighted by molar-refractivity contribution is 7.92. The number of phenols is 1. The third-order valence-corrected chi connectivity index (χ3v) is 4.80. The Kier molecular flexibility index (Phi) is 2.95. The number of phenolic OH excluding ortho intramolecular Hbond substituents is 1. The van der Waals surface area contributed by atoms with Gasteiger partial charge in [0, 0.05) is 17.3 Å². The zero-order valence-corrected chi connectivity index (χ0v) is 11.4. The normalized spacial score (nSPS) is 22.9. The number of carbonyl (C=O) groups excluding carboxylic acids is 1. The van der Waals surface area contributed by atoms with Crippen LogP contribution in [0.25, 0.3) is 0 Å². The fourth-order valence-electron chi connectivity index (χ4n) is 2.50. The molecule has 0 spiro atoms. The van der Waals surface area contributed by atoms with Crippen LogP contribution in [0.15, 0.2) is 6.07 Å². The Morgan fingerprint density at radius 2 is 2.19 bits per heavy atom. The van der Waals surface area contributed by atoms with Crippen molar-refractivity contribution in [2.45, 2.75) is 12.5 Å². The highest BCUT2D eigenvalue weighted by atomic mass is 32.2. The van der Waals surface area contributed by atoms with Crippen LogP contribution >= 0.6 is 0 Å². The average Bonchev–Trinajstić information content (AvgIpc) is 2.90. The van der Waals surface area contributed by atoms with Crippen LogP contribution in [-0.4, -0.2) is 43.7 Å². The van der Waals surface area contributed by atoms with E-state index in [1.54, 1.807) is 4.72 Å². The molecule has 1 amide bonds. The molecule has 1 saturated heterocycles. The topological polar surface area (TPSA) is 119 Å². The Labute approximate surface area is 119 Å². The van der Waals surface area contributed by atoms with Crippen molar-refractivity contribution in [3.05, 3.63) is 17.4 Å². The van der Waals surface area contributed by atoms with Crippen LogP contribution in [-0.2, 0) is 21.4 Å². The highest BCUT2D eigenvalue weighted by Gasteiger charge is 2.39. The first-order chi connectivity index (χ1) is 9.83. The lowest BCUT2D eigenvalue weighted by molar-refractivity contribution is -0.117. The minimum absolute atomic E-state index is 0.153. The molecule has 21 heavy (non-hydrogen) atoms. The second kappa shape index (κ2) is 4.46. The van der Waals surface area contributed by atoms with Crippen LogP contribution in [0.2, 0.25) is 0 Å². The van der Waals surface area contributed by atoms with Crippen molar-refractivity contribution in [3.8, 4) is 5.75 Å². The molecule has 2 aliphatic rings. The second-order valence-corrected chi connectivity index (χ2v) is 6.44. The van der Waals surface area contributed by atoms with Crippen LogP contribution in [0, 0.1) is 5.82 Å². The Hall–Kier alpha value is -2.07. The number of rotatable bonds is 2. The van der Waals surface area contributed by atoms with Crippen molar-refractivity contribution in [2.24, 2.45) is 0 Å². The fraction of sp³-hybridized carbons (Fsp3) is 0.364. The number of nitrogens with one attached hydrogen (secondary N) is 2. The van der Waals surface area contributed by atoms with Crippen molar-refractivity contribution < 1.29 is 27.8 Å². The monoisotopic (exact) mass is 317 g/mol. The van der Waals surface area contributed by atoms with E-state index in [4.69, 9.17) is 5.11 Å². The van der Waals surface area contributed by atoms with E-state index in [9.17, 15) is 22.7 Å². The molecule has 8 nitrogen and oxygen atoms in total. The molecule has 0 aromatic heterocycles. The lowest BCUT2D eigenvalue weighted by Gasteiger charge is -2.18. The molecule has 0 unspecified atom stereocenters. The summed E-state index contributed by atoms with van der Waals surface area (Å²) in [5, 5.41) is 21.8. The fourth-order valence-corrected chi connectivity index (χ4v) is 3.67. The van der Waals surface area contributed by atoms with Gasteiger partial charge in [0.15, 0.2) is 5.82 Å². The smallest absolute Gasteiger partial charge is 0.326 e. The summed E-state index contributed by atoms with van der Waals surface area (Å²) in [6, 6.07) is 0.779. The molecule has 2 heterocycles. The average molecular weight is 317 g/mol. The Bertz CT molecular complexity index is 736. The molecule has 3 rings (SSSR count). The van der Waals surface area contributed by atoms with Gasteiger partial charge in [-0.1, -0.05) is 0 Å². The number of hydrogen-bond donors (Lipinski definition) is 4. The molecule has 0 aliphatic carbocycles. The molecular weight excluding hydrogens is 305 g/mol. The van der Waals surface area contributed by atoms with Gasteiger partial charge in [-0.2, -0.15) is 8.42 Å². The number of fused-ring (bicyclic) bond motifs is 1. The predicted molar refractivity (Wildman–Crippen MR) is 70.7 cm³/mol. The van der Waals surface area contributed by atoms with Crippen LogP contribution in [0.4, 0.5) is 15.8 Å². The number of anilines is 2.